The van der Waals surface area contributed by atoms with Gasteiger partial charge in [0.05, 0.1) is 37.8 Å². The third-order valence-electron chi connectivity index (χ3n) is 8.31. The molecule has 0 radical (unpaired) electrons. The van der Waals surface area contributed by atoms with E-state index in [1.807, 2.05) is 87.4 Å². The molecule has 0 spiro atoms. The maximum atomic E-state index is 13.5. The van der Waals surface area contributed by atoms with Gasteiger partial charge in [-0.1, -0.05) is 24.3 Å². The number of ether oxygens (including phenoxy) is 3. The van der Waals surface area contributed by atoms with Crippen molar-refractivity contribution in [2.45, 2.75) is 32.5 Å². The number of carbonyl (C=O) groups is 2. The molecule has 11 nitrogen and oxygen atoms in total. The summed E-state index contributed by atoms with van der Waals surface area (Å²) < 4.78 is 17.4. The highest BCUT2D eigenvalue weighted by atomic mass is 16.6. The summed E-state index contributed by atoms with van der Waals surface area (Å²) in [5.41, 5.74) is 5.09. The van der Waals surface area contributed by atoms with Gasteiger partial charge < -0.3 is 39.5 Å². The molecule has 1 aromatic heterocycles. The molecule has 48 heavy (non-hydrogen) atoms. The number of methoxy groups -OCH3 is 2. The molecule has 252 valence electrons. The highest BCUT2D eigenvalue weighted by Crippen LogP contribution is 2.45. The second-order valence-corrected chi connectivity index (χ2v) is 12.5. The van der Waals surface area contributed by atoms with E-state index in [0.29, 0.717) is 43.4 Å². The summed E-state index contributed by atoms with van der Waals surface area (Å²) >= 11 is 0. The molecule has 11 heteroatoms. The van der Waals surface area contributed by atoms with Crippen molar-refractivity contribution in [3.63, 3.8) is 0 Å². The lowest BCUT2D eigenvalue weighted by molar-refractivity contribution is -0.121. The number of nitrogens with zero attached hydrogens (tertiary/aromatic N) is 4. The Kier molecular flexibility index (Phi) is 10.4. The smallest absolute Gasteiger partial charge is 0.415 e. The topological polar surface area (TPSA) is 108 Å². The molecule has 0 fully saturated rings. The van der Waals surface area contributed by atoms with Crippen LogP contribution in [0.5, 0.6) is 17.2 Å². The van der Waals surface area contributed by atoms with Gasteiger partial charge in [-0.2, -0.15) is 0 Å². The molecule has 0 atom stereocenters. The second kappa shape index (κ2) is 14.6. The van der Waals surface area contributed by atoms with E-state index in [9.17, 15) is 9.59 Å². The van der Waals surface area contributed by atoms with Gasteiger partial charge in [0.25, 0.3) is 5.91 Å². The molecule has 5 rings (SSSR count). The van der Waals surface area contributed by atoms with Crippen molar-refractivity contribution in [3.05, 3.63) is 90.3 Å². The Labute approximate surface area is 282 Å². The van der Waals surface area contributed by atoms with Crippen LogP contribution >= 0.6 is 0 Å². The summed E-state index contributed by atoms with van der Waals surface area (Å²) in [5.74, 6) is 1.53. The van der Waals surface area contributed by atoms with Crippen molar-refractivity contribution in [1.82, 2.24) is 14.8 Å². The van der Waals surface area contributed by atoms with Gasteiger partial charge in [0.15, 0.2) is 0 Å². The van der Waals surface area contributed by atoms with Gasteiger partial charge in [-0.15, -0.1) is 0 Å². The van der Waals surface area contributed by atoms with Gasteiger partial charge in [0, 0.05) is 56.3 Å². The van der Waals surface area contributed by atoms with Crippen LogP contribution in [0.3, 0.4) is 0 Å². The van der Waals surface area contributed by atoms with Crippen LogP contribution in [-0.4, -0.2) is 80.8 Å². The van der Waals surface area contributed by atoms with Crippen molar-refractivity contribution in [1.29, 1.82) is 0 Å². The quantitative estimate of drug-likeness (QED) is 0.188. The van der Waals surface area contributed by atoms with E-state index in [2.05, 4.69) is 15.6 Å². The Bertz CT molecular complexity index is 1760. The van der Waals surface area contributed by atoms with Crippen LogP contribution in [0, 0.1) is 0 Å². The number of rotatable bonds is 12. The van der Waals surface area contributed by atoms with Crippen molar-refractivity contribution in [2.75, 3.05) is 64.0 Å². The van der Waals surface area contributed by atoms with Crippen molar-refractivity contribution >= 4 is 29.1 Å². The van der Waals surface area contributed by atoms with E-state index in [4.69, 9.17) is 14.2 Å². The summed E-state index contributed by atoms with van der Waals surface area (Å²) in [5, 5.41) is 6.93. The Morgan fingerprint density at radius 3 is 2.42 bits per heavy atom. The lowest BCUT2D eigenvalue weighted by Crippen LogP contribution is -2.52. The molecule has 0 aliphatic carbocycles. The average molecular weight is 653 g/mol. The zero-order valence-corrected chi connectivity index (χ0v) is 28.7. The maximum absolute atomic E-state index is 13.5. The maximum Gasteiger partial charge on any atom is 0.415 e. The SMILES string of the molecule is COc1ccccc1NCc1c(-c2ccc(OC(=O)N(CCN(C)C)Cc3cccnc3)cc2OC)ccc2c1N(C)C(=O)C(C)(C)N2. The number of hydrogen-bond acceptors (Lipinski definition) is 9. The number of nitrogens with one attached hydrogen (secondary N) is 2. The Morgan fingerprint density at radius 2 is 1.71 bits per heavy atom. The fourth-order valence-electron chi connectivity index (χ4n) is 5.83. The van der Waals surface area contributed by atoms with Crippen LogP contribution in [0.2, 0.25) is 0 Å². The van der Waals surface area contributed by atoms with Crippen LogP contribution in [0.4, 0.5) is 21.9 Å². The van der Waals surface area contributed by atoms with Gasteiger partial charge in [0.2, 0.25) is 0 Å². The predicted molar refractivity (Wildman–Crippen MR) is 189 cm³/mol. The molecule has 4 aromatic rings. The summed E-state index contributed by atoms with van der Waals surface area (Å²) in [4.78, 5) is 36.5. The Morgan fingerprint density at radius 1 is 0.958 bits per heavy atom. The van der Waals surface area contributed by atoms with E-state index >= 15 is 0 Å². The molecule has 0 saturated heterocycles. The van der Waals surface area contributed by atoms with E-state index in [1.165, 1.54) is 0 Å². The number of benzene rings is 3. The third-order valence-corrected chi connectivity index (χ3v) is 8.31. The fourth-order valence-corrected chi connectivity index (χ4v) is 5.83. The zero-order valence-electron chi connectivity index (χ0n) is 28.7. The number of carbonyl (C=O) groups excluding carboxylic acids is 2. The molecule has 2 amide bonds. The number of amides is 2. The van der Waals surface area contributed by atoms with E-state index < -0.39 is 11.6 Å². The number of aromatic nitrogens is 1. The number of anilines is 3. The minimum absolute atomic E-state index is 0.0509. The summed E-state index contributed by atoms with van der Waals surface area (Å²) in [6.07, 6.45) is 2.98. The van der Waals surface area contributed by atoms with Crippen LogP contribution in [-0.2, 0) is 17.9 Å². The van der Waals surface area contributed by atoms with Crippen LogP contribution < -0.4 is 29.7 Å². The second-order valence-electron chi connectivity index (χ2n) is 12.5. The van der Waals surface area contributed by atoms with E-state index in [1.54, 1.807) is 55.6 Å². The van der Waals surface area contributed by atoms with Gasteiger partial charge in [-0.3, -0.25) is 9.78 Å². The zero-order chi connectivity index (χ0) is 34.4. The van der Waals surface area contributed by atoms with Gasteiger partial charge >= 0.3 is 6.09 Å². The monoisotopic (exact) mass is 652 g/mol. The van der Waals surface area contributed by atoms with Gasteiger partial charge in [0.1, 0.15) is 22.8 Å². The van der Waals surface area contributed by atoms with Crippen molar-refractivity contribution in [3.8, 4) is 28.4 Å². The normalized spacial score (nSPS) is 13.4. The lowest BCUT2D eigenvalue weighted by Gasteiger charge is -2.40. The Balaban J connectivity index is 1.50. The summed E-state index contributed by atoms with van der Waals surface area (Å²) in [6.45, 7) is 5.64. The van der Waals surface area contributed by atoms with Crippen LogP contribution in [0.25, 0.3) is 11.1 Å². The minimum Gasteiger partial charge on any atom is -0.496 e. The molecule has 3 aromatic carbocycles. The fraction of sp³-hybridized carbons (Fsp3) is 0.324. The molecule has 1 aliphatic rings. The number of fused-ring (bicyclic) bond motifs is 1. The molecule has 2 N–H and O–H groups in total. The number of pyridine rings is 1. The highest BCUT2D eigenvalue weighted by molar-refractivity contribution is 6.09. The van der Waals surface area contributed by atoms with E-state index in [-0.39, 0.29) is 5.91 Å². The first kappa shape index (κ1) is 34.1. The molecule has 0 saturated carbocycles. The molecular formula is C37H44N6O5. The van der Waals surface area contributed by atoms with Crippen LogP contribution in [0.15, 0.2) is 79.1 Å². The molecular weight excluding hydrogens is 608 g/mol. The average Bonchev–Trinajstić information content (AvgIpc) is 3.08. The molecule has 0 unspecified atom stereocenters. The summed E-state index contributed by atoms with van der Waals surface area (Å²) in [6, 6.07) is 20.8. The standard InChI is InChI=1S/C37H44N6O5/c1-37(2)35(44)42(5)34-29(23-39-30-12-8-9-13-32(30)46-6)27(16-17-31(34)40-37)28-15-14-26(21-33(28)47-7)48-36(45)43(20-19-41(3)4)24-25-11-10-18-38-22-25/h8-18,21-22,39-40H,19-20,23-24H2,1-7H3. The number of para-hydroxylation sites is 2. The minimum atomic E-state index is -0.767. The molecule has 2 heterocycles. The van der Waals surface area contributed by atoms with Crippen molar-refractivity contribution in [2.24, 2.45) is 0 Å². The highest BCUT2D eigenvalue weighted by Gasteiger charge is 2.38. The first-order valence-electron chi connectivity index (χ1n) is 15.8. The molecule has 0 bridgehead atoms. The predicted octanol–water partition coefficient (Wildman–Crippen LogP) is 6.11. The molecule has 1 aliphatic heterocycles. The number of hydrogen-bond donors (Lipinski definition) is 2. The third kappa shape index (κ3) is 7.47. The van der Waals surface area contributed by atoms with Crippen LogP contribution in [0.1, 0.15) is 25.0 Å². The first-order valence-corrected chi connectivity index (χ1v) is 15.8. The first-order chi connectivity index (χ1) is 23.0. The van der Waals surface area contributed by atoms with Crippen molar-refractivity contribution < 1.29 is 23.8 Å². The lowest BCUT2D eigenvalue weighted by atomic mass is 9.91. The Hall–Kier alpha value is -5.29. The van der Waals surface area contributed by atoms with E-state index in [0.717, 1.165) is 39.3 Å². The van der Waals surface area contributed by atoms with Gasteiger partial charge in [-0.05, 0) is 75.5 Å². The van der Waals surface area contributed by atoms with Gasteiger partial charge in [-0.25, -0.2) is 4.79 Å². The largest absolute Gasteiger partial charge is 0.496 e. The number of likely N-dealkylation sites (N-methyl/N-ethyl adjacent to an activating group) is 2. The summed E-state index contributed by atoms with van der Waals surface area (Å²) in [7, 11) is 8.94.